The lowest BCUT2D eigenvalue weighted by Gasteiger charge is -2.25. The summed E-state index contributed by atoms with van der Waals surface area (Å²) in [6.45, 7) is 5.02. The maximum absolute atomic E-state index is 13.0. The number of rotatable bonds is 4. The fraction of sp³-hybridized carbons (Fsp3) is 0.450. The van der Waals surface area contributed by atoms with E-state index in [0.717, 1.165) is 36.1 Å². The molecule has 0 atom stereocenters. The molecule has 0 spiro atoms. The van der Waals surface area contributed by atoms with Gasteiger partial charge >= 0.3 is 0 Å². The molecular weight excluding hydrogens is 362 g/mol. The van der Waals surface area contributed by atoms with Gasteiger partial charge in [0.25, 0.3) is 5.91 Å². The molecule has 0 N–H and O–H groups in total. The Balaban J connectivity index is 1.91. The van der Waals surface area contributed by atoms with Crippen molar-refractivity contribution in [2.45, 2.75) is 38.0 Å². The van der Waals surface area contributed by atoms with Crippen molar-refractivity contribution in [2.75, 3.05) is 25.0 Å². The van der Waals surface area contributed by atoms with Gasteiger partial charge in [-0.15, -0.1) is 0 Å². The number of anilines is 1. The zero-order valence-corrected chi connectivity index (χ0v) is 17.2. The van der Waals surface area contributed by atoms with Crippen LogP contribution in [0.4, 0.5) is 5.69 Å². The van der Waals surface area contributed by atoms with Gasteiger partial charge in [-0.2, -0.15) is 4.31 Å². The first-order chi connectivity index (χ1) is 12.7. The second-order valence-electron chi connectivity index (χ2n) is 7.29. The smallest absolute Gasteiger partial charge is 0.274 e. The summed E-state index contributed by atoms with van der Waals surface area (Å²) in [6, 6.07) is 7.43. The SMILES string of the molecule is Cc1ccc(C)c(N(C)C(=O)c2cc(S(=O)(=O)N3CCCCC3)cn2C)c1. The van der Waals surface area contributed by atoms with Crippen LogP contribution in [0.3, 0.4) is 0 Å². The Labute approximate surface area is 161 Å². The van der Waals surface area contributed by atoms with Crippen LogP contribution in [0.25, 0.3) is 0 Å². The van der Waals surface area contributed by atoms with E-state index in [2.05, 4.69) is 0 Å². The van der Waals surface area contributed by atoms with Gasteiger partial charge in [-0.1, -0.05) is 18.6 Å². The molecule has 0 radical (unpaired) electrons. The second kappa shape index (κ2) is 7.48. The lowest BCUT2D eigenvalue weighted by Crippen LogP contribution is -2.35. The Morgan fingerprint density at radius 2 is 1.74 bits per heavy atom. The van der Waals surface area contributed by atoms with Crippen LogP contribution in [0.1, 0.15) is 40.9 Å². The van der Waals surface area contributed by atoms with E-state index in [9.17, 15) is 13.2 Å². The van der Waals surface area contributed by atoms with Gasteiger partial charge in [0, 0.05) is 39.1 Å². The minimum absolute atomic E-state index is 0.185. The highest BCUT2D eigenvalue weighted by atomic mass is 32.2. The van der Waals surface area contributed by atoms with E-state index in [1.54, 1.807) is 23.6 Å². The first-order valence-corrected chi connectivity index (χ1v) is 10.7. The van der Waals surface area contributed by atoms with Crippen LogP contribution in [0, 0.1) is 13.8 Å². The van der Waals surface area contributed by atoms with Crippen molar-refractivity contribution in [2.24, 2.45) is 7.05 Å². The van der Waals surface area contributed by atoms with E-state index in [1.165, 1.54) is 16.6 Å². The molecule has 0 aliphatic carbocycles. The van der Waals surface area contributed by atoms with E-state index in [-0.39, 0.29) is 10.8 Å². The maximum atomic E-state index is 13.0. The summed E-state index contributed by atoms with van der Waals surface area (Å²) in [5, 5.41) is 0. The standard InChI is InChI=1S/C20H27N3O3S/c1-15-8-9-16(2)18(12-15)22(4)20(24)19-13-17(14-21(19)3)27(25,26)23-10-6-5-7-11-23/h8-9,12-14H,5-7,10-11H2,1-4H3. The number of carbonyl (C=O) groups excluding carboxylic acids is 1. The summed E-state index contributed by atoms with van der Waals surface area (Å²) in [4.78, 5) is 14.8. The van der Waals surface area contributed by atoms with Gasteiger partial charge in [0.1, 0.15) is 10.6 Å². The molecule has 1 amide bonds. The van der Waals surface area contributed by atoms with Gasteiger partial charge in [-0.05, 0) is 49.9 Å². The summed E-state index contributed by atoms with van der Waals surface area (Å²) in [6.07, 6.45) is 4.36. The largest absolute Gasteiger partial charge is 0.345 e. The number of aryl methyl sites for hydroxylation is 3. The maximum Gasteiger partial charge on any atom is 0.274 e. The zero-order chi connectivity index (χ0) is 19.8. The molecule has 146 valence electrons. The molecule has 0 saturated carbocycles. The molecule has 0 unspecified atom stereocenters. The third-order valence-corrected chi connectivity index (χ3v) is 7.05. The Hall–Kier alpha value is -2.12. The van der Waals surface area contributed by atoms with Crippen LogP contribution < -0.4 is 4.90 Å². The summed E-state index contributed by atoms with van der Waals surface area (Å²) >= 11 is 0. The number of aromatic nitrogens is 1. The quantitative estimate of drug-likeness (QED) is 0.807. The lowest BCUT2D eigenvalue weighted by atomic mass is 10.1. The van der Waals surface area contributed by atoms with Crippen molar-refractivity contribution in [3.05, 3.63) is 47.3 Å². The van der Waals surface area contributed by atoms with Crippen LogP contribution in [0.5, 0.6) is 0 Å². The number of amides is 1. The molecule has 0 bridgehead atoms. The summed E-state index contributed by atoms with van der Waals surface area (Å²) in [7, 11) is -0.135. The van der Waals surface area contributed by atoms with E-state index in [0.29, 0.717) is 18.8 Å². The molecule has 6 nitrogen and oxygen atoms in total. The number of carbonyl (C=O) groups is 1. The summed E-state index contributed by atoms with van der Waals surface area (Å²) in [5.74, 6) is -0.230. The average molecular weight is 390 g/mol. The van der Waals surface area contributed by atoms with Crippen molar-refractivity contribution in [3.63, 3.8) is 0 Å². The molecule has 1 aliphatic heterocycles. The Morgan fingerprint density at radius 1 is 1.07 bits per heavy atom. The molecule has 1 saturated heterocycles. The molecule has 2 aromatic rings. The average Bonchev–Trinajstić information content (AvgIpc) is 3.05. The lowest BCUT2D eigenvalue weighted by molar-refractivity contribution is 0.0985. The first kappa shape index (κ1) is 19.6. The fourth-order valence-corrected chi connectivity index (χ4v) is 5.09. The van der Waals surface area contributed by atoms with E-state index >= 15 is 0 Å². The van der Waals surface area contributed by atoms with Gasteiger partial charge < -0.3 is 9.47 Å². The third kappa shape index (κ3) is 3.80. The van der Waals surface area contributed by atoms with Crippen molar-refractivity contribution in [1.29, 1.82) is 0 Å². The Bertz CT molecular complexity index is 957. The summed E-state index contributed by atoms with van der Waals surface area (Å²) in [5.41, 5.74) is 3.23. The highest BCUT2D eigenvalue weighted by Gasteiger charge is 2.29. The third-order valence-electron chi connectivity index (χ3n) is 5.18. The van der Waals surface area contributed by atoms with Gasteiger partial charge in [-0.25, -0.2) is 8.42 Å². The molecule has 1 aromatic carbocycles. The van der Waals surface area contributed by atoms with E-state index in [1.807, 2.05) is 32.0 Å². The van der Waals surface area contributed by atoms with Gasteiger partial charge in [0.2, 0.25) is 10.0 Å². The molecular formula is C20H27N3O3S. The molecule has 7 heteroatoms. The summed E-state index contributed by atoms with van der Waals surface area (Å²) < 4.78 is 28.9. The number of piperidine rings is 1. The molecule has 1 aliphatic rings. The highest BCUT2D eigenvalue weighted by molar-refractivity contribution is 7.89. The molecule has 3 rings (SSSR count). The highest BCUT2D eigenvalue weighted by Crippen LogP contribution is 2.25. The predicted molar refractivity (Wildman–Crippen MR) is 107 cm³/mol. The van der Waals surface area contributed by atoms with E-state index in [4.69, 9.17) is 0 Å². The number of nitrogens with zero attached hydrogens (tertiary/aromatic N) is 3. The molecule has 2 heterocycles. The number of hydrogen-bond donors (Lipinski definition) is 0. The van der Waals surface area contributed by atoms with Crippen LogP contribution >= 0.6 is 0 Å². The van der Waals surface area contributed by atoms with Gasteiger partial charge in [-0.3, -0.25) is 4.79 Å². The molecule has 27 heavy (non-hydrogen) atoms. The van der Waals surface area contributed by atoms with Crippen molar-refractivity contribution < 1.29 is 13.2 Å². The van der Waals surface area contributed by atoms with Crippen molar-refractivity contribution >= 4 is 21.6 Å². The Morgan fingerprint density at radius 3 is 2.41 bits per heavy atom. The fourth-order valence-electron chi connectivity index (χ4n) is 3.50. The zero-order valence-electron chi connectivity index (χ0n) is 16.4. The Kier molecular flexibility index (Phi) is 5.44. The second-order valence-corrected chi connectivity index (χ2v) is 9.23. The number of sulfonamides is 1. The number of hydrogen-bond acceptors (Lipinski definition) is 3. The minimum Gasteiger partial charge on any atom is -0.345 e. The minimum atomic E-state index is -3.56. The van der Waals surface area contributed by atoms with Gasteiger partial charge in [0.05, 0.1) is 0 Å². The topological polar surface area (TPSA) is 62.6 Å². The van der Waals surface area contributed by atoms with Crippen LogP contribution in [0.2, 0.25) is 0 Å². The predicted octanol–water partition coefficient (Wildman–Crippen LogP) is 3.09. The number of benzene rings is 1. The first-order valence-electron chi connectivity index (χ1n) is 9.23. The van der Waals surface area contributed by atoms with Gasteiger partial charge in [0.15, 0.2) is 0 Å². The van der Waals surface area contributed by atoms with Crippen molar-refractivity contribution in [3.8, 4) is 0 Å². The normalized spacial score (nSPS) is 15.7. The van der Waals surface area contributed by atoms with Crippen LogP contribution in [-0.4, -0.2) is 43.3 Å². The molecule has 1 fully saturated rings. The monoisotopic (exact) mass is 389 g/mol. The molecule has 1 aromatic heterocycles. The van der Waals surface area contributed by atoms with E-state index < -0.39 is 10.0 Å². The van der Waals surface area contributed by atoms with Crippen molar-refractivity contribution in [1.82, 2.24) is 8.87 Å². The van der Waals surface area contributed by atoms with Crippen LogP contribution in [0.15, 0.2) is 35.4 Å². The van der Waals surface area contributed by atoms with Crippen LogP contribution in [-0.2, 0) is 17.1 Å².